The molecule has 2 aromatic rings. The van der Waals surface area contributed by atoms with Gasteiger partial charge in [0.25, 0.3) is 5.91 Å². The van der Waals surface area contributed by atoms with Crippen molar-refractivity contribution in [3.8, 4) is 17.2 Å². The molecule has 0 saturated heterocycles. The molecule has 1 N–H and O–H groups in total. The molecule has 0 radical (unpaired) electrons. The lowest BCUT2D eigenvalue weighted by Crippen LogP contribution is -2.25. The van der Waals surface area contributed by atoms with E-state index in [1.54, 1.807) is 19.2 Å². The van der Waals surface area contributed by atoms with E-state index in [0.29, 0.717) is 17.2 Å². The van der Waals surface area contributed by atoms with Crippen LogP contribution in [-0.4, -0.2) is 25.2 Å². The van der Waals surface area contributed by atoms with Crippen molar-refractivity contribution in [3.05, 3.63) is 48.0 Å². The predicted molar refractivity (Wildman–Crippen MR) is 92.0 cm³/mol. The lowest BCUT2D eigenvalue weighted by atomic mass is 10.0. The number of methoxy groups -OCH3 is 1. The normalized spacial score (nSPS) is 14.5. The van der Waals surface area contributed by atoms with E-state index in [0.717, 1.165) is 17.7 Å². The molecule has 5 heteroatoms. The fraction of sp³-hybridized carbons (Fsp3) is 0.316. The van der Waals surface area contributed by atoms with E-state index in [9.17, 15) is 4.79 Å². The zero-order valence-electron chi connectivity index (χ0n) is 14.1. The van der Waals surface area contributed by atoms with Gasteiger partial charge in [-0.3, -0.25) is 4.79 Å². The summed E-state index contributed by atoms with van der Waals surface area (Å²) in [4.78, 5) is 12.1. The van der Waals surface area contributed by atoms with Crippen LogP contribution in [0.1, 0.15) is 19.4 Å². The first kappa shape index (κ1) is 16.2. The Kier molecular flexibility index (Phi) is 4.34. The van der Waals surface area contributed by atoms with Gasteiger partial charge < -0.3 is 19.5 Å². The first-order valence-electron chi connectivity index (χ1n) is 7.84. The highest BCUT2D eigenvalue weighted by molar-refractivity contribution is 5.92. The second-order valence-corrected chi connectivity index (χ2v) is 6.35. The van der Waals surface area contributed by atoms with Gasteiger partial charge in [-0.2, -0.15) is 0 Å². The lowest BCUT2D eigenvalue weighted by molar-refractivity contribution is -0.118. The maximum atomic E-state index is 12.1. The molecule has 1 aliphatic rings. The number of ether oxygens (including phenoxy) is 3. The Morgan fingerprint density at radius 2 is 2.04 bits per heavy atom. The summed E-state index contributed by atoms with van der Waals surface area (Å²) in [5.41, 5.74) is 1.52. The van der Waals surface area contributed by atoms with Crippen LogP contribution in [0.25, 0.3) is 0 Å². The van der Waals surface area contributed by atoms with Gasteiger partial charge in [0.1, 0.15) is 11.4 Å². The molecule has 0 saturated carbocycles. The predicted octanol–water partition coefficient (Wildman–Crippen LogP) is 3.43. The molecule has 2 aromatic carbocycles. The Hall–Kier alpha value is -2.69. The quantitative estimate of drug-likeness (QED) is 0.914. The van der Waals surface area contributed by atoms with Gasteiger partial charge in [-0.15, -0.1) is 0 Å². The van der Waals surface area contributed by atoms with E-state index in [1.807, 2.05) is 44.2 Å². The summed E-state index contributed by atoms with van der Waals surface area (Å²) < 4.78 is 16.7. The van der Waals surface area contributed by atoms with Crippen LogP contribution in [0.3, 0.4) is 0 Å². The molecule has 0 aliphatic carbocycles. The van der Waals surface area contributed by atoms with E-state index in [1.165, 1.54) is 0 Å². The van der Waals surface area contributed by atoms with E-state index in [2.05, 4.69) is 5.32 Å². The van der Waals surface area contributed by atoms with Crippen molar-refractivity contribution in [1.82, 2.24) is 0 Å². The Morgan fingerprint density at radius 1 is 1.25 bits per heavy atom. The first-order valence-corrected chi connectivity index (χ1v) is 7.84. The third kappa shape index (κ3) is 3.62. The molecule has 1 heterocycles. The number of amides is 1. The average molecular weight is 327 g/mol. The zero-order valence-corrected chi connectivity index (χ0v) is 14.1. The van der Waals surface area contributed by atoms with Gasteiger partial charge in [-0.25, -0.2) is 0 Å². The summed E-state index contributed by atoms with van der Waals surface area (Å²) in [5.74, 6) is 1.78. The lowest BCUT2D eigenvalue weighted by Gasteiger charge is -2.18. The van der Waals surface area contributed by atoms with Gasteiger partial charge in [-0.1, -0.05) is 18.2 Å². The second-order valence-electron chi connectivity index (χ2n) is 6.35. The molecule has 1 aliphatic heterocycles. The van der Waals surface area contributed by atoms with E-state index >= 15 is 0 Å². The molecule has 3 rings (SSSR count). The summed E-state index contributed by atoms with van der Waals surface area (Å²) in [6.45, 7) is 3.98. The van der Waals surface area contributed by atoms with E-state index < -0.39 is 0 Å². The fourth-order valence-corrected chi connectivity index (χ4v) is 2.74. The maximum absolute atomic E-state index is 12.1. The van der Waals surface area contributed by atoms with Crippen LogP contribution in [0, 0.1) is 0 Å². The van der Waals surface area contributed by atoms with Crippen LogP contribution in [0.4, 0.5) is 5.69 Å². The molecule has 0 fully saturated rings. The van der Waals surface area contributed by atoms with Gasteiger partial charge >= 0.3 is 0 Å². The number of hydrogen-bond acceptors (Lipinski definition) is 4. The third-order valence-electron chi connectivity index (χ3n) is 3.77. The molecular formula is C19H21NO4. The van der Waals surface area contributed by atoms with Crippen LogP contribution in [0.5, 0.6) is 17.2 Å². The first-order chi connectivity index (χ1) is 11.5. The Bertz CT molecular complexity index is 755. The number of hydrogen-bond donors (Lipinski definition) is 1. The minimum atomic E-state index is -0.245. The molecule has 0 bridgehead atoms. The van der Waals surface area contributed by atoms with Crippen molar-refractivity contribution in [3.63, 3.8) is 0 Å². The Labute approximate surface area is 141 Å². The molecule has 5 nitrogen and oxygen atoms in total. The van der Waals surface area contributed by atoms with Crippen LogP contribution >= 0.6 is 0 Å². The number of carbonyl (C=O) groups excluding carboxylic acids is 1. The highest BCUT2D eigenvalue weighted by Crippen LogP contribution is 2.41. The van der Waals surface area contributed by atoms with Gasteiger partial charge in [0.2, 0.25) is 0 Å². The second kappa shape index (κ2) is 6.43. The summed E-state index contributed by atoms with van der Waals surface area (Å²) in [7, 11) is 1.58. The summed E-state index contributed by atoms with van der Waals surface area (Å²) >= 11 is 0. The molecular weight excluding hydrogens is 306 g/mol. The van der Waals surface area contributed by atoms with Crippen LogP contribution in [0.15, 0.2) is 42.5 Å². The number of fused-ring (bicyclic) bond motifs is 1. The molecule has 0 atom stereocenters. The number of carbonyl (C=O) groups is 1. The van der Waals surface area contributed by atoms with Gasteiger partial charge in [0.05, 0.1) is 7.11 Å². The van der Waals surface area contributed by atoms with Crippen LogP contribution in [0.2, 0.25) is 0 Å². The average Bonchev–Trinajstić information content (AvgIpc) is 2.87. The number of benzene rings is 2. The Morgan fingerprint density at radius 3 is 2.83 bits per heavy atom. The van der Waals surface area contributed by atoms with Crippen LogP contribution in [-0.2, 0) is 11.2 Å². The van der Waals surface area contributed by atoms with E-state index in [-0.39, 0.29) is 18.1 Å². The zero-order chi connectivity index (χ0) is 17.2. The van der Waals surface area contributed by atoms with Gasteiger partial charge in [0, 0.05) is 23.7 Å². The number of rotatable bonds is 5. The van der Waals surface area contributed by atoms with Crippen molar-refractivity contribution in [2.45, 2.75) is 25.9 Å². The third-order valence-corrected chi connectivity index (χ3v) is 3.77. The van der Waals surface area contributed by atoms with Crippen molar-refractivity contribution in [1.29, 1.82) is 0 Å². The SMILES string of the molecule is COc1cccc(NC(=O)COc2cccc3c2OC(C)(C)C3)c1. The standard InChI is InChI=1S/C19H21NO4/c1-19(2)11-13-6-4-9-16(18(13)24-19)23-12-17(21)20-14-7-5-8-15(10-14)22-3/h4-10H,11-12H2,1-3H3,(H,20,21). The maximum Gasteiger partial charge on any atom is 0.262 e. The summed E-state index contributed by atoms with van der Waals surface area (Å²) in [6, 6.07) is 12.9. The smallest absolute Gasteiger partial charge is 0.262 e. The number of nitrogens with one attached hydrogen (secondary N) is 1. The van der Waals surface area contributed by atoms with Crippen molar-refractivity contribution >= 4 is 11.6 Å². The highest BCUT2D eigenvalue weighted by atomic mass is 16.5. The number of anilines is 1. The van der Waals surface area contributed by atoms with E-state index in [4.69, 9.17) is 14.2 Å². The van der Waals surface area contributed by atoms with Crippen molar-refractivity contribution in [2.75, 3.05) is 19.0 Å². The summed E-state index contributed by atoms with van der Waals surface area (Å²) in [6.07, 6.45) is 0.829. The fourth-order valence-electron chi connectivity index (χ4n) is 2.74. The molecule has 24 heavy (non-hydrogen) atoms. The molecule has 0 aromatic heterocycles. The van der Waals surface area contributed by atoms with Gasteiger partial charge in [0.15, 0.2) is 18.1 Å². The van der Waals surface area contributed by atoms with Crippen molar-refractivity contribution in [2.24, 2.45) is 0 Å². The summed E-state index contributed by atoms with van der Waals surface area (Å²) in [5, 5.41) is 2.79. The van der Waals surface area contributed by atoms with Gasteiger partial charge in [-0.05, 0) is 32.0 Å². The van der Waals surface area contributed by atoms with Crippen molar-refractivity contribution < 1.29 is 19.0 Å². The largest absolute Gasteiger partial charge is 0.497 e. The van der Waals surface area contributed by atoms with Crippen LogP contribution < -0.4 is 19.5 Å². The minimum Gasteiger partial charge on any atom is -0.497 e. The molecule has 0 spiro atoms. The topological polar surface area (TPSA) is 56.8 Å². The number of para-hydroxylation sites is 1. The Balaban J connectivity index is 1.62. The monoisotopic (exact) mass is 327 g/mol. The minimum absolute atomic E-state index is 0.0859. The molecule has 1 amide bonds. The molecule has 0 unspecified atom stereocenters. The molecule has 126 valence electrons. The highest BCUT2D eigenvalue weighted by Gasteiger charge is 2.32.